The van der Waals surface area contributed by atoms with Gasteiger partial charge in [-0.2, -0.15) is 0 Å². The zero-order valence-electron chi connectivity index (χ0n) is 13.9. The first-order valence-electron chi connectivity index (χ1n) is 7.93. The number of carbonyl (C=O) groups is 2. The van der Waals surface area contributed by atoms with Gasteiger partial charge in [0.1, 0.15) is 0 Å². The quantitative estimate of drug-likeness (QED) is 0.764. The van der Waals surface area contributed by atoms with Gasteiger partial charge in [-0.1, -0.05) is 24.6 Å². The van der Waals surface area contributed by atoms with Gasteiger partial charge in [-0.3, -0.25) is 9.59 Å². The Kier molecular flexibility index (Phi) is 6.09. The number of aryl methyl sites for hydroxylation is 1. The van der Waals surface area contributed by atoms with Crippen LogP contribution in [0.2, 0.25) is 0 Å². The fourth-order valence-corrected chi connectivity index (χ4v) is 2.24. The second kappa shape index (κ2) is 8.26. The molecule has 24 heavy (non-hydrogen) atoms. The van der Waals surface area contributed by atoms with Crippen LogP contribution in [0, 0.1) is 6.92 Å². The highest BCUT2D eigenvalue weighted by Crippen LogP contribution is 2.12. The van der Waals surface area contributed by atoms with E-state index in [9.17, 15) is 9.59 Å². The van der Waals surface area contributed by atoms with Crippen molar-refractivity contribution in [3.8, 4) is 0 Å². The largest absolute Gasteiger partial charge is 0.394 e. The number of amides is 2. The van der Waals surface area contributed by atoms with Crippen molar-refractivity contribution in [2.75, 3.05) is 11.9 Å². The molecule has 2 aromatic rings. The number of hydrogen-bond donors (Lipinski definition) is 3. The number of benzene rings is 2. The van der Waals surface area contributed by atoms with E-state index in [0.717, 1.165) is 5.56 Å². The molecular weight excluding hydrogens is 304 g/mol. The Hall–Kier alpha value is -2.66. The number of aliphatic hydroxyl groups excluding tert-OH is 1. The Labute approximate surface area is 141 Å². The van der Waals surface area contributed by atoms with E-state index in [-0.39, 0.29) is 24.5 Å². The van der Waals surface area contributed by atoms with Gasteiger partial charge in [0.2, 0.25) is 0 Å². The van der Waals surface area contributed by atoms with Crippen LogP contribution in [0.25, 0.3) is 0 Å². The Morgan fingerprint density at radius 2 is 1.75 bits per heavy atom. The molecule has 0 saturated carbocycles. The molecule has 3 N–H and O–H groups in total. The van der Waals surface area contributed by atoms with E-state index in [0.29, 0.717) is 23.2 Å². The van der Waals surface area contributed by atoms with Crippen molar-refractivity contribution in [2.24, 2.45) is 0 Å². The average Bonchev–Trinajstić information content (AvgIpc) is 2.60. The number of anilines is 1. The monoisotopic (exact) mass is 326 g/mol. The van der Waals surface area contributed by atoms with Crippen molar-refractivity contribution < 1.29 is 14.7 Å². The molecule has 1 unspecified atom stereocenters. The lowest BCUT2D eigenvalue weighted by Gasteiger charge is -2.14. The maximum atomic E-state index is 12.2. The van der Waals surface area contributed by atoms with E-state index in [4.69, 9.17) is 5.11 Å². The van der Waals surface area contributed by atoms with Crippen LogP contribution >= 0.6 is 0 Å². The molecule has 0 aliphatic rings. The van der Waals surface area contributed by atoms with Crippen molar-refractivity contribution in [3.63, 3.8) is 0 Å². The highest BCUT2D eigenvalue weighted by molar-refractivity contribution is 6.04. The zero-order valence-corrected chi connectivity index (χ0v) is 13.9. The van der Waals surface area contributed by atoms with E-state index in [1.165, 1.54) is 0 Å². The van der Waals surface area contributed by atoms with Crippen LogP contribution < -0.4 is 10.6 Å². The average molecular weight is 326 g/mol. The lowest BCUT2D eigenvalue weighted by Crippen LogP contribution is -2.36. The van der Waals surface area contributed by atoms with Crippen LogP contribution in [-0.2, 0) is 0 Å². The summed E-state index contributed by atoms with van der Waals surface area (Å²) in [5, 5.41) is 14.7. The van der Waals surface area contributed by atoms with Crippen LogP contribution in [0.5, 0.6) is 0 Å². The predicted molar refractivity (Wildman–Crippen MR) is 94.2 cm³/mol. The fourth-order valence-electron chi connectivity index (χ4n) is 2.24. The molecule has 0 fully saturated rings. The first-order valence-corrected chi connectivity index (χ1v) is 7.93. The lowest BCUT2D eigenvalue weighted by atomic mass is 10.1. The van der Waals surface area contributed by atoms with Crippen molar-refractivity contribution >= 4 is 17.5 Å². The third kappa shape index (κ3) is 4.67. The molecule has 0 radical (unpaired) electrons. The molecule has 0 aromatic heterocycles. The first-order chi connectivity index (χ1) is 11.5. The van der Waals surface area contributed by atoms with Crippen molar-refractivity contribution in [3.05, 3.63) is 65.2 Å². The second-order valence-electron chi connectivity index (χ2n) is 5.66. The number of rotatable bonds is 6. The number of aliphatic hydroxyl groups is 1. The van der Waals surface area contributed by atoms with Crippen LogP contribution in [0.3, 0.4) is 0 Å². The van der Waals surface area contributed by atoms with E-state index in [2.05, 4.69) is 10.6 Å². The molecule has 1 atom stereocenters. The molecule has 2 amide bonds. The summed E-state index contributed by atoms with van der Waals surface area (Å²) in [4.78, 5) is 24.2. The molecule has 0 spiro atoms. The molecule has 5 heteroatoms. The van der Waals surface area contributed by atoms with Gasteiger partial charge in [0.25, 0.3) is 11.8 Å². The maximum absolute atomic E-state index is 12.2. The summed E-state index contributed by atoms with van der Waals surface area (Å²) in [6.45, 7) is 3.73. The summed E-state index contributed by atoms with van der Waals surface area (Å²) in [6.07, 6.45) is 0.660. The van der Waals surface area contributed by atoms with Gasteiger partial charge < -0.3 is 15.7 Å². The van der Waals surface area contributed by atoms with E-state index in [1.54, 1.807) is 30.3 Å². The minimum Gasteiger partial charge on any atom is -0.394 e. The van der Waals surface area contributed by atoms with Crippen LogP contribution in [0.15, 0.2) is 48.5 Å². The summed E-state index contributed by atoms with van der Waals surface area (Å²) in [5.74, 6) is -0.435. The Morgan fingerprint density at radius 1 is 1.04 bits per heavy atom. The minimum atomic E-state index is -0.252. The molecule has 0 saturated heterocycles. The molecule has 0 heterocycles. The van der Waals surface area contributed by atoms with Gasteiger partial charge in [0.15, 0.2) is 0 Å². The van der Waals surface area contributed by atoms with Gasteiger partial charge >= 0.3 is 0 Å². The molecule has 0 aliphatic carbocycles. The van der Waals surface area contributed by atoms with Crippen molar-refractivity contribution in [1.82, 2.24) is 5.32 Å². The third-order valence-electron chi connectivity index (χ3n) is 3.73. The standard InChI is InChI=1S/C19H22N2O3/c1-3-16(12-22)20-18(23)14-7-9-17(10-8-14)21-19(24)15-6-4-5-13(2)11-15/h4-11,16,22H,3,12H2,1-2H3,(H,20,23)(H,21,24). The van der Waals surface area contributed by atoms with Crippen molar-refractivity contribution in [2.45, 2.75) is 26.3 Å². The first kappa shape index (κ1) is 17.7. The molecular formula is C19H22N2O3. The van der Waals surface area contributed by atoms with E-state index >= 15 is 0 Å². The van der Waals surface area contributed by atoms with Crippen LogP contribution in [-0.4, -0.2) is 29.6 Å². The Bertz CT molecular complexity index is 707. The second-order valence-corrected chi connectivity index (χ2v) is 5.66. The topological polar surface area (TPSA) is 78.4 Å². The normalized spacial score (nSPS) is 11.6. The van der Waals surface area contributed by atoms with Gasteiger partial charge in [-0.05, 0) is 49.7 Å². The summed E-state index contributed by atoms with van der Waals surface area (Å²) >= 11 is 0. The lowest BCUT2D eigenvalue weighted by molar-refractivity contribution is 0.0914. The van der Waals surface area contributed by atoms with E-state index < -0.39 is 0 Å². The Balaban J connectivity index is 2.01. The summed E-state index contributed by atoms with van der Waals surface area (Å²) in [7, 11) is 0. The summed E-state index contributed by atoms with van der Waals surface area (Å²) in [6, 6.07) is 13.7. The Morgan fingerprint density at radius 3 is 2.33 bits per heavy atom. The zero-order chi connectivity index (χ0) is 17.5. The maximum Gasteiger partial charge on any atom is 0.255 e. The highest BCUT2D eigenvalue weighted by atomic mass is 16.3. The molecule has 0 bridgehead atoms. The molecule has 0 aliphatic heterocycles. The highest BCUT2D eigenvalue weighted by Gasteiger charge is 2.12. The molecule has 5 nitrogen and oxygen atoms in total. The van der Waals surface area contributed by atoms with Crippen molar-refractivity contribution in [1.29, 1.82) is 0 Å². The molecule has 2 rings (SSSR count). The fraction of sp³-hybridized carbons (Fsp3) is 0.263. The SMILES string of the molecule is CCC(CO)NC(=O)c1ccc(NC(=O)c2cccc(C)c2)cc1. The predicted octanol–water partition coefficient (Wildman–Crippen LogP) is 2.75. The summed E-state index contributed by atoms with van der Waals surface area (Å²) in [5.41, 5.74) is 2.71. The summed E-state index contributed by atoms with van der Waals surface area (Å²) < 4.78 is 0. The van der Waals surface area contributed by atoms with Crippen LogP contribution in [0.4, 0.5) is 5.69 Å². The third-order valence-corrected chi connectivity index (χ3v) is 3.73. The number of carbonyl (C=O) groups excluding carboxylic acids is 2. The van der Waals surface area contributed by atoms with Gasteiger partial charge in [-0.25, -0.2) is 0 Å². The minimum absolute atomic E-state index is 0.0904. The molecule has 126 valence electrons. The van der Waals surface area contributed by atoms with Gasteiger partial charge in [-0.15, -0.1) is 0 Å². The van der Waals surface area contributed by atoms with Gasteiger partial charge in [0, 0.05) is 16.8 Å². The van der Waals surface area contributed by atoms with Gasteiger partial charge in [0.05, 0.1) is 12.6 Å². The van der Waals surface area contributed by atoms with Crippen LogP contribution in [0.1, 0.15) is 39.6 Å². The van der Waals surface area contributed by atoms with E-state index in [1.807, 2.05) is 32.0 Å². The number of nitrogens with one attached hydrogen (secondary N) is 2. The smallest absolute Gasteiger partial charge is 0.255 e. The number of hydrogen-bond acceptors (Lipinski definition) is 3. The molecule has 2 aromatic carbocycles.